The second kappa shape index (κ2) is 7.41. The van der Waals surface area contributed by atoms with Crippen molar-refractivity contribution in [2.75, 3.05) is 19.3 Å². The van der Waals surface area contributed by atoms with Crippen LogP contribution < -0.4 is 15.4 Å². The summed E-state index contributed by atoms with van der Waals surface area (Å²) in [4.78, 5) is 16.1. The maximum Gasteiger partial charge on any atom is 0.315 e. The molecule has 2 amide bonds. The van der Waals surface area contributed by atoms with Gasteiger partial charge in [-0.3, -0.25) is 0 Å². The van der Waals surface area contributed by atoms with E-state index in [2.05, 4.69) is 20.3 Å². The summed E-state index contributed by atoms with van der Waals surface area (Å²) in [6.45, 7) is 4.35. The fraction of sp³-hybridized carbons (Fsp3) is 0.667. The van der Waals surface area contributed by atoms with E-state index in [0.717, 1.165) is 12.1 Å². The van der Waals surface area contributed by atoms with Crippen LogP contribution in [0.25, 0.3) is 0 Å². The molecule has 0 saturated carbocycles. The highest BCUT2D eigenvalue weighted by atomic mass is 32.2. The summed E-state index contributed by atoms with van der Waals surface area (Å²) in [7, 11) is -1.37. The highest BCUT2D eigenvalue weighted by Crippen LogP contribution is 2.19. The summed E-state index contributed by atoms with van der Waals surface area (Å²) in [5.74, 6) is 0.945. The van der Waals surface area contributed by atoms with Gasteiger partial charge in [0.25, 0.3) is 0 Å². The van der Waals surface area contributed by atoms with Gasteiger partial charge in [-0.15, -0.1) is 0 Å². The largest absolute Gasteiger partial charge is 0.337 e. The lowest BCUT2D eigenvalue weighted by atomic mass is 10.0. The topological polar surface area (TPSA) is 105 Å². The van der Waals surface area contributed by atoms with E-state index < -0.39 is 10.0 Å². The highest BCUT2D eigenvalue weighted by molar-refractivity contribution is 7.88. The number of carbonyl (C=O) groups excluding carboxylic acids is 1. The molecule has 120 valence electrons. The number of sulfonamides is 1. The Hall–Kier alpha value is -1.61. The average Bonchev–Trinajstić information content (AvgIpc) is 2.76. The van der Waals surface area contributed by atoms with Gasteiger partial charge in [0.1, 0.15) is 5.82 Å². The minimum absolute atomic E-state index is 0.154. The van der Waals surface area contributed by atoms with Crippen LogP contribution >= 0.6 is 0 Å². The first-order valence-corrected chi connectivity index (χ1v) is 8.56. The van der Waals surface area contributed by atoms with Gasteiger partial charge in [-0.1, -0.05) is 13.8 Å². The van der Waals surface area contributed by atoms with Gasteiger partial charge in [0.2, 0.25) is 10.0 Å². The van der Waals surface area contributed by atoms with Gasteiger partial charge >= 0.3 is 6.03 Å². The summed E-state index contributed by atoms with van der Waals surface area (Å²) in [5, 5.41) is 5.45. The molecule has 0 aliphatic rings. The molecular weight excluding hydrogens is 294 g/mol. The highest BCUT2D eigenvalue weighted by Gasteiger charge is 2.21. The number of nitrogens with one attached hydrogen (secondary N) is 3. The monoisotopic (exact) mass is 317 g/mol. The molecule has 9 heteroatoms. The summed E-state index contributed by atoms with van der Waals surface area (Å²) >= 11 is 0. The van der Waals surface area contributed by atoms with Crippen LogP contribution in [0.15, 0.2) is 12.4 Å². The molecule has 0 fully saturated rings. The van der Waals surface area contributed by atoms with Crippen molar-refractivity contribution in [1.29, 1.82) is 0 Å². The molecule has 0 aromatic carbocycles. The number of hydrogen-bond acceptors (Lipinski definition) is 4. The van der Waals surface area contributed by atoms with E-state index in [-0.39, 0.29) is 31.1 Å². The molecule has 0 aliphatic heterocycles. The number of urea groups is 1. The van der Waals surface area contributed by atoms with Crippen molar-refractivity contribution >= 4 is 16.1 Å². The Balaban J connectivity index is 2.49. The van der Waals surface area contributed by atoms with Crippen LogP contribution in [0.5, 0.6) is 0 Å². The molecule has 1 aromatic rings. The first kappa shape index (κ1) is 17.4. The fourth-order valence-electron chi connectivity index (χ4n) is 1.81. The molecular formula is C12H23N5O3S. The molecule has 0 bridgehead atoms. The van der Waals surface area contributed by atoms with Crippen LogP contribution in [-0.4, -0.2) is 43.3 Å². The Morgan fingerprint density at radius 2 is 2.05 bits per heavy atom. The predicted molar refractivity (Wildman–Crippen MR) is 80.2 cm³/mol. The van der Waals surface area contributed by atoms with Gasteiger partial charge in [0.15, 0.2) is 0 Å². The molecule has 1 unspecified atom stereocenters. The first-order valence-electron chi connectivity index (χ1n) is 6.67. The minimum atomic E-state index is -3.23. The van der Waals surface area contributed by atoms with Crippen molar-refractivity contribution < 1.29 is 13.2 Å². The normalized spacial score (nSPS) is 13.2. The third-order valence-corrected chi connectivity index (χ3v) is 3.59. The third-order valence-electron chi connectivity index (χ3n) is 2.86. The zero-order valence-electron chi connectivity index (χ0n) is 12.8. The summed E-state index contributed by atoms with van der Waals surface area (Å²) < 4.78 is 25.9. The standard InChI is InChI=1S/C12H23N5O3S/c1-9(2)10(11-13-7-8-17(11)3)16-12(18)14-5-6-15-21(4,19)20/h7-10,15H,5-6H2,1-4H3,(H2,14,16,18). The van der Waals surface area contributed by atoms with Crippen LogP contribution in [-0.2, 0) is 17.1 Å². The smallest absolute Gasteiger partial charge is 0.315 e. The van der Waals surface area contributed by atoms with Gasteiger partial charge < -0.3 is 15.2 Å². The Morgan fingerprint density at radius 3 is 2.52 bits per heavy atom. The molecule has 1 heterocycles. The van der Waals surface area contributed by atoms with Crippen molar-refractivity contribution in [3.05, 3.63) is 18.2 Å². The van der Waals surface area contributed by atoms with Crippen molar-refractivity contribution in [3.8, 4) is 0 Å². The average molecular weight is 317 g/mol. The van der Waals surface area contributed by atoms with E-state index in [0.29, 0.717) is 0 Å². The summed E-state index contributed by atoms with van der Waals surface area (Å²) in [6, 6.07) is -0.570. The zero-order valence-corrected chi connectivity index (χ0v) is 13.6. The Bertz CT molecular complexity index is 567. The molecule has 0 radical (unpaired) electrons. The number of amides is 2. The van der Waals surface area contributed by atoms with E-state index in [9.17, 15) is 13.2 Å². The number of imidazole rings is 1. The molecule has 1 aromatic heterocycles. The van der Waals surface area contributed by atoms with Crippen LogP contribution in [0.3, 0.4) is 0 Å². The van der Waals surface area contributed by atoms with Crippen molar-refractivity contribution in [2.45, 2.75) is 19.9 Å². The lowest BCUT2D eigenvalue weighted by molar-refractivity contribution is 0.232. The van der Waals surface area contributed by atoms with Crippen molar-refractivity contribution in [2.24, 2.45) is 13.0 Å². The molecule has 0 spiro atoms. The third kappa shape index (κ3) is 6.13. The van der Waals surface area contributed by atoms with E-state index in [1.807, 2.05) is 31.7 Å². The summed E-state index contributed by atoms with van der Waals surface area (Å²) in [6.07, 6.45) is 4.57. The number of aromatic nitrogens is 2. The van der Waals surface area contributed by atoms with E-state index in [1.165, 1.54) is 0 Å². The zero-order chi connectivity index (χ0) is 16.0. The van der Waals surface area contributed by atoms with E-state index >= 15 is 0 Å². The van der Waals surface area contributed by atoms with Crippen LogP contribution in [0.2, 0.25) is 0 Å². The maximum atomic E-state index is 11.9. The second-order valence-electron chi connectivity index (χ2n) is 5.18. The van der Waals surface area contributed by atoms with Gasteiger partial charge in [-0.25, -0.2) is 22.9 Å². The Labute approximate surface area is 125 Å². The molecule has 3 N–H and O–H groups in total. The molecule has 8 nitrogen and oxygen atoms in total. The van der Waals surface area contributed by atoms with E-state index in [1.54, 1.807) is 6.20 Å². The lowest BCUT2D eigenvalue weighted by Gasteiger charge is -2.22. The fourth-order valence-corrected chi connectivity index (χ4v) is 2.28. The molecule has 1 atom stereocenters. The molecule has 1 rings (SSSR count). The quantitative estimate of drug-likeness (QED) is 0.614. The molecule has 0 aliphatic carbocycles. The Morgan fingerprint density at radius 1 is 1.38 bits per heavy atom. The lowest BCUT2D eigenvalue weighted by Crippen LogP contribution is -2.43. The SMILES string of the molecule is CC(C)C(NC(=O)NCCNS(C)(=O)=O)c1nccn1C. The number of hydrogen-bond donors (Lipinski definition) is 3. The van der Waals surface area contributed by atoms with Gasteiger partial charge in [0, 0.05) is 32.5 Å². The van der Waals surface area contributed by atoms with Crippen LogP contribution in [0.4, 0.5) is 4.79 Å². The number of rotatable bonds is 7. The van der Waals surface area contributed by atoms with Gasteiger partial charge in [0.05, 0.1) is 12.3 Å². The number of nitrogens with zero attached hydrogens (tertiary/aromatic N) is 2. The Kier molecular flexibility index (Phi) is 6.16. The first-order chi connectivity index (χ1) is 9.70. The molecule has 0 saturated heterocycles. The maximum absolute atomic E-state index is 11.9. The minimum Gasteiger partial charge on any atom is -0.337 e. The number of aryl methyl sites for hydroxylation is 1. The van der Waals surface area contributed by atoms with Gasteiger partial charge in [-0.05, 0) is 5.92 Å². The van der Waals surface area contributed by atoms with Crippen molar-refractivity contribution in [1.82, 2.24) is 24.9 Å². The van der Waals surface area contributed by atoms with Gasteiger partial charge in [-0.2, -0.15) is 0 Å². The molecule has 21 heavy (non-hydrogen) atoms. The van der Waals surface area contributed by atoms with Crippen molar-refractivity contribution in [3.63, 3.8) is 0 Å². The van der Waals surface area contributed by atoms with Crippen LogP contribution in [0.1, 0.15) is 25.7 Å². The van der Waals surface area contributed by atoms with Crippen LogP contribution in [0, 0.1) is 5.92 Å². The van der Waals surface area contributed by atoms with E-state index in [4.69, 9.17) is 0 Å². The number of carbonyl (C=O) groups is 1. The second-order valence-corrected chi connectivity index (χ2v) is 7.02. The predicted octanol–water partition coefficient (Wildman–Crippen LogP) is -0.0344. The summed E-state index contributed by atoms with van der Waals surface area (Å²) in [5.41, 5.74) is 0.